The normalized spacial score (nSPS) is 13.4. The third-order valence-electron chi connectivity index (χ3n) is 4.20. The molecule has 0 atom stereocenters. The summed E-state index contributed by atoms with van der Waals surface area (Å²) in [5.41, 5.74) is 7.03. The molecule has 3 rings (SSSR count). The van der Waals surface area contributed by atoms with Gasteiger partial charge in [0, 0.05) is 18.4 Å². The maximum Gasteiger partial charge on any atom is 0.0411 e. The predicted molar refractivity (Wildman–Crippen MR) is 82.4 cm³/mol. The van der Waals surface area contributed by atoms with Crippen molar-refractivity contribution in [1.82, 2.24) is 0 Å². The van der Waals surface area contributed by atoms with Crippen LogP contribution in [0.1, 0.15) is 30.0 Å². The van der Waals surface area contributed by atoms with Gasteiger partial charge in [-0.25, -0.2) is 0 Å². The Morgan fingerprint density at radius 3 is 2.32 bits per heavy atom. The Balaban J connectivity index is 1.88. The Hall–Kier alpha value is -1.76. The van der Waals surface area contributed by atoms with Gasteiger partial charge >= 0.3 is 0 Å². The van der Waals surface area contributed by atoms with E-state index in [2.05, 4.69) is 61.3 Å². The summed E-state index contributed by atoms with van der Waals surface area (Å²) < 4.78 is 0. The van der Waals surface area contributed by atoms with Gasteiger partial charge in [-0.2, -0.15) is 0 Å². The Morgan fingerprint density at radius 1 is 0.895 bits per heavy atom. The number of aryl methyl sites for hydroxylation is 3. The van der Waals surface area contributed by atoms with Crippen LogP contribution in [-0.4, -0.2) is 7.05 Å². The monoisotopic (exact) mass is 251 g/mol. The number of hydrogen-bond acceptors (Lipinski definition) is 1. The first-order valence-corrected chi connectivity index (χ1v) is 7.22. The number of rotatable bonds is 3. The Bertz CT molecular complexity index is 569. The molecular weight excluding hydrogens is 230 g/mol. The lowest BCUT2D eigenvalue weighted by molar-refractivity contribution is 0.911. The first-order chi connectivity index (χ1) is 9.28. The zero-order chi connectivity index (χ0) is 13.2. The molecular formula is C18H21N. The van der Waals surface area contributed by atoms with Crippen molar-refractivity contribution in [3.8, 4) is 0 Å². The van der Waals surface area contributed by atoms with E-state index in [1.54, 1.807) is 5.56 Å². The highest BCUT2D eigenvalue weighted by atomic mass is 15.1. The maximum atomic E-state index is 2.36. The van der Waals surface area contributed by atoms with Gasteiger partial charge in [0.25, 0.3) is 0 Å². The van der Waals surface area contributed by atoms with Crippen LogP contribution in [0.3, 0.4) is 0 Å². The van der Waals surface area contributed by atoms with E-state index in [0.29, 0.717) is 0 Å². The van der Waals surface area contributed by atoms with E-state index >= 15 is 0 Å². The van der Waals surface area contributed by atoms with Crippen LogP contribution < -0.4 is 4.90 Å². The van der Waals surface area contributed by atoms with Crippen molar-refractivity contribution in [1.29, 1.82) is 0 Å². The number of nitrogens with zero attached hydrogens (tertiary/aromatic N) is 1. The highest BCUT2D eigenvalue weighted by molar-refractivity contribution is 5.64. The molecule has 1 nitrogen and oxygen atoms in total. The van der Waals surface area contributed by atoms with E-state index < -0.39 is 0 Å². The first-order valence-electron chi connectivity index (χ1n) is 7.22. The molecule has 0 amide bonds. The van der Waals surface area contributed by atoms with Gasteiger partial charge in [0.2, 0.25) is 0 Å². The van der Waals surface area contributed by atoms with Crippen molar-refractivity contribution < 1.29 is 0 Å². The molecule has 0 heterocycles. The minimum absolute atomic E-state index is 1.10. The highest BCUT2D eigenvalue weighted by Crippen LogP contribution is 2.29. The SMILES string of the molecule is CCc1ccc(N(C)c2ccc3c(c2)CCC3)cc1. The second-order valence-corrected chi connectivity index (χ2v) is 5.39. The van der Waals surface area contributed by atoms with E-state index in [0.717, 1.165) is 6.42 Å². The minimum atomic E-state index is 1.10. The topological polar surface area (TPSA) is 3.24 Å². The van der Waals surface area contributed by atoms with Gasteiger partial charge in [0.05, 0.1) is 0 Å². The first kappa shape index (κ1) is 12.3. The molecule has 19 heavy (non-hydrogen) atoms. The van der Waals surface area contributed by atoms with Gasteiger partial charge in [0.1, 0.15) is 0 Å². The summed E-state index contributed by atoms with van der Waals surface area (Å²) in [4.78, 5) is 2.28. The number of hydrogen-bond donors (Lipinski definition) is 0. The molecule has 0 aromatic heterocycles. The molecule has 2 aromatic rings. The smallest absolute Gasteiger partial charge is 0.0411 e. The molecule has 98 valence electrons. The van der Waals surface area contributed by atoms with Crippen LogP contribution in [0.2, 0.25) is 0 Å². The Morgan fingerprint density at radius 2 is 1.58 bits per heavy atom. The quantitative estimate of drug-likeness (QED) is 0.776. The van der Waals surface area contributed by atoms with E-state index in [4.69, 9.17) is 0 Å². The van der Waals surface area contributed by atoms with Gasteiger partial charge in [-0.15, -0.1) is 0 Å². The second kappa shape index (κ2) is 5.08. The van der Waals surface area contributed by atoms with Crippen molar-refractivity contribution >= 4 is 11.4 Å². The fraction of sp³-hybridized carbons (Fsp3) is 0.333. The predicted octanol–water partition coefficient (Wildman–Crippen LogP) is 4.51. The molecule has 0 saturated heterocycles. The van der Waals surface area contributed by atoms with Gasteiger partial charge < -0.3 is 4.90 Å². The molecule has 0 fully saturated rings. The number of anilines is 2. The van der Waals surface area contributed by atoms with Crippen molar-refractivity contribution in [2.75, 3.05) is 11.9 Å². The maximum absolute atomic E-state index is 2.36. The molecule has 0 saturated carbocycles. The van der Waals surface area contributed by atoms with Gasteiger partial charge in [-0.3, -0.25) is 0 Å². The summed E-state index contributed by atoms with van der Waals surface area (Å²) in [6.07, 6.45) is 4.91. The molecule has 0 spiro atoms. The van der Waals surface area contributed by atoms with Gasteiger partial charge in [0.15, 0.2) is 0 Å². The molecule has 1 heteroatoms. The summed E-state index contributed by atoms with van der Waals surface area (Å²) in [6, 6.07) is 15.8. The largest absolute Gasteiger partial charge is 0.345 e. The summed E-state index contributed by atoms with van der Waals surface area (Å²) in [6.45, 7) is 2.19. The molecule has 0 bridgehead atoms. The van der Waals surface area contributed by atoms with Crippen LogP contribution in [0.5, 0.6) is 0 Å². The van der Waals surface area contributed by atoms with Crippen molar-refractivity contribution in [3.63, 3.8) is 0 Å². The molecule has 0 N–H and O–H groups in total. The molecule has 0 radical (unpaired) electrons. The molecule has 0 aliphatic heterocycles. The minimum Gasteiger partial charge on any atom is -0.345 e. The number of fused-ring (bicyclic) bond motifs is 1. The van der Waals surface area contributed by atoms with Crippen molar-refractivity contribution in [2.45, 2.75) is 32.6 Å². The van der Waals surface area contributed by atoms with Gasteiger partial charge in [-0.05, 0) is 66.6 Å². The Labute approximate surface area is 115 Å². The average molecular weight is 251 g/mol. The van der Waals surface area contributed by atoms with E-state index in [1.807, 2.05) is 0 Å². The van der Waals surface area contributed by atoms with Crippen LogP contribution in [0.25, 0.3) is 0 Å². The lowest BCUT2D eigenvalue weighted by Gasteiger charge is -2.20. The van der Waals surface area contributed by atoms with E-state index in [9.17, 15) is 0 Å². The third-order valence-corrected chi connectivity index (χ3v) is 4.20. The zero-order valence-corrected chi connectivity index (χ0v) is 11.8. The standard InChI is InChI=1S/C18H21N/c1-3-14-7-10-17(11-8-14)19(2)18-12-9-15-5-4-6-16(15)13-18/h7-13H,3-6H2,1-2H3. The molecule has 2 aromatic carbocycles. The average Bonchev–Trinajstić information content (AvgIpc) is 2.94. The lowest BCUT2D eigenvalue weighted by Crippen LogP contribution is -2.09. The Kier molecular flexibility index (Phi) is 3.29. The highest BCUT2D eigenvalue weighted by Gasteiger charge is 2.12. The van der Waals surface area contributed by atoms with E-state index in [1.165, 1.54) is 41.8 Å². The van der Waals surface area contributed by atoms with Crippen molar-refractivity contribution in [3.05, 3.63) is 59.2 Å². The summed E-state index contributed by atoms with van der Waals surface area (Å²) in [7, 11) is 2.15. The molecule has 1 aliphatic rings. The summed E-state index contributed by atoms with van der Waals surface area (Å²) >= 11 is 0. The van der Waals surface area contributed by atoms with Crippen LogP contribution in [-0.2, 0) is 19.3 Å². The van der Waals surface area contributed by atoms with Crippen LogP contribution in [0.4, 0.5) is 11.4 Å². The molecule has 0 unspecified atom stereocenters. The van der Waals surface area contributed by atoms with Gasteiger partial charge in [-0.1, -0.05) is 25.1 Å². The van der Waals surface area contributed by atoms with Crippen LogP contribution in [0, 0.1) is 0 Å². The summed E-state index contributed by atoms with van der Waals surface area (Å²) in [5.74, 6) is 0. The van der Waals surface area contributed by atoms with Crippen molar-refractivity contribution in [2.24, 2.45) is 0 Å². The zero-order valence-electron chi connectivity index (χ0n) is 11.8. The lowest BCUT2D eigenvalue weighted by atomic mass is 10.1. The number of benzene rings is 2. The van der Waals surface area contributed by atoms with Crippen LogP contribution >= 0.6 is 0 Å². The fourth-order valence-corrected chi connectivity index (χ4v) is 2.87. The van der Waals surface area contributed by atoms with E-state index in [-0.39, 0.29) is 0 Å². The second-order valence-electron chi connectivity index (χ2n) is 5.39. The molecule has 1 aliphatic carbocycles. The summed E-state index contributed by atoms with van der Waals surface area (Å²) in [5, 5.41) is 0. The third kappa shape index (κ3) is 2.37. The van der Waals surface area contributed by atoms with Crippen LogP contribution in [0.15, 0.2) is 42.5 Å². The fourth-order valence-electron chi connectivity index (χ4n) is 2.87.